The van der Waals surface area contributed by atoms with Crippen LogP contribution in [0.25, 0.3) is 0 Å². The smallest absolute Gasteiger partial charge is 0.303 e. The number of carbonyl (C=O) groups is 1. The Morgan fingerprint density at radius 2 is 2.10 bits per heavy atom. The number of methoxy groups -OCH3 is 1. The number of allylic oxidation sites excluding steroid dienone is 2. The molecule has 5 atom stereocenters. The summed E-state index contributed by atoms with van der Waals surface area (Å²) in [6, 6.07) is 0. The number of unbranched alkanes of at least 4 members (excludes halogenated alkanes) is 1. The van der Waals surface area contributed by atoms with Crippen LogP contribution in [0.4, 0.5) is 0 Å². The lowest BCUT2D eigenvalue weighted by Crippen LogP contribution is -2.20. The van der Waals surface area contributed by atoms with Gasteiger partial charge in [0.2, 0.25) is 0 Å². The van der Waals surface area contributed by atoms with Crippen molar-refractivity contribution >= 4 is 49.2 Å². The van der Waals surface area contributed by atoms with Gasteiger partial charge in [-0.1, -0.05) is 24.3 Å². The van der Waals surface area contributed by atoms with E-state index in [9.17, 15) is 15.0 Å². The zero-order valence-electron chi connectivity index (χ0n) is 17.0. The molecule has 0 radical (unpaired) electrons. The highest BCUT2D eigenvalue weighted by atomic mass is 79.9. The van der Waals surface area contributed by atoms with Crippen molar-refractivity contribution in [3.8, 4) is 0 Å². The van der Waals surface area contributed by atoms with Gasteiger partial charge in [-0.3, -0.25) is 4.79 Å². The summed E-state index contributed by atoms with van der Waals surface area (Å²) in [6.07, 6.45) is 11.0. The first-order chi connectivity index (χ1) is 14.3. The second kappa shape index (κ2) is 13.1. The monoisotopic (exact) mass is 564 g/mol. The number of thiophene rings is 1. The van der Waals surface area contributed by atoms with Crippen molar-refractivity contribution in [2.24, 2.45) is 11.8 Å². The molecular formula is C22H30Br2O5S. The Labute approximate surface area is 199 Å². The minimum Gasteiger partial charge on any atom is -0.481 e. The number of aliphatic hydroxyl groups excluding tert-OH is 2. The maximum atomic E-state index is 10.6. The van der Waals surface area contributed by atoms with E-state index in [1.807, 2.05) is 24.3 Å². The van der Waals surface area contributed by atoms with Crippen LogP contribution in [0, 0.1) is 11.8 Å². The van der Waals surface area contributed by atoms with Crippen molar-refractivity contribution in [1.29, 1.82) is 0 Å². The number of halogens is 2. The molecule has 3 unspecified atom stereocenters. The summed E-state index contributed by atoms with van der Waals surface area (Å²) in [5.74, 6) is -0.953. The fourth-order valence-corrected chi connectivity index (χ4v) is 6.00. The van der Waals surface area contributed by atoms with E-state index in [1.165, 1.54) is 4.88 Å². The second-order valence-electron chi connectivity index (χ2n) is 7.62. The van der Waals surface area contributed by atoms with Crippen LogP contribution in [0.2, 0.25) is 0 Å². The summed E-state index contributed by atoms with van der Waals surface area (Å²) in [5.41, 5.74) is 0. The van der Waals surface area contributed by atoms with Crippen LogP contribution in [0.5, 0.6) is 0 Å². The predicted molar refractivity (Wildman–Crippen MR) is 127 cm³/mol. The molecule has 30 heavy (non-hydrogen) atoms. The highest BCUT2D eigenvalue weighted by Gasteiger charge is 2.39. The number of aliphatic carboxylic acids is 1. The number of ether oxygens (including phenoxy) is 1. The Morgan fingerprint density at radius 1 is 1.33 bits per heavy atom. The van der Waals surface area contributed by atoms with Crippen molar-refractivity contribution in [3.63, 3.8) is 0 Å². The van der Waals surface area contributed by atoms with Gasteiger partial charge < -0.3 is 20.1 Å². The zero-order valence-corrected chi connectivity index (χ0v) is 21.0. The molecule has 1 aromatic rings. The summed E-state index contributed by atoms with van der Waals surface area (Å²) < 4.78 is 7.76. The maximum absolute atomic E-state index is 10.6. The van der Waals surface area contributed by atoms with Gasteiger partial charge >= 0.3 is 5.97 Å². The average molecular weight is 566 g/mol. The van der Waals surface area contributed by atoms with E-state index >= 15 is 0 Å². The fourth-order valence-electron chi connectivity index (χ4n) is 3.80. The molecule has 5 nitrogen and oxygen atoms in total. The van der Waals surface area contributed by atoms with E-state index < -0.39 is 18.2 Å². The van der Waals surface area contributed by atoms with E-state index in [-0.39, 0.29) is 24.4 Å². The molecule has 1 aromatic heterocycles. The molecule has 1 aliphatic carbocycles. The molecule has 1 heterocycles. The standard InChI is InChI=1S/C22H30Br2O5S/c1-29-14(9-11-20-22(24)17(23)13-30-20)8-10-16-15(18(25)12-19(16)26)6-4-2-3-5-7-21(27)28/h2,4,8,10,13-16,18-19,25-26H,3,5-7,9,11-12H2,1H3,(H,27,28)/b4-2-,10-8+/t14?,15-,16-,18?,19?/m1/s1. The lowest BCUT2D eigenvalue weighted by atomic mass is 9.89. The molecule has 0 amide bonds. The third-order valence-electron chi connectivity index (χ3n) is 5.52. The normalized spacial score (nSPS) is 25.5. The number of rotatable bonds is 12. The predicted octanol–water partition coefficient (Wildman–Crippen LogP) is 5.34. The van der Waals surface area contributed by atoms with Crippen LogP contribution in [-0.4, -0.2) is 46.7 Å². The number of hydrogen-bond acceptors (Lipinski definition) is 5. The van der Waals surface area contributed by atoms with Crippen LogP contribution < -0.4 is 0 Å². The highest BCUT2D eigenvalue weighted by Crippen LogP contribution is 2.37. The Hall–Kier alpha value is -0.510. The van der Waals surface area contributed by atoms with Crippen LogP contribution in [0.15, 0.2) is 38.6 Å². The topological polar surface area (TPSA) is 87.0 Å². The van der Waals surface area contributed by atoms with Gasteiger partial charge in [-0.05, 0) is 69.9 Å². The van der Waals surface area contributed by atoms with Gasteiger partial charge in [0.15, 0.2) is 0 Å². The minimum absolute atomic E-state index is 0.0492. The molecule has 168 valence electrons. The van der Waals surface area contributed by atoms with E-state index in [0.29, 0.717) is 25.7 Å². The Balaban J connectivity index is 1.89. The number of carboxylic acids is 1. The van der Waals surface area contributed by atoms with Gasteiger partial charge in [0, 0.05) is 45.1 Å². The van der Waals surface area contributed by atoms with Crippen molar-refractivity contribution in [2.45, 2.75) is 63.3 Å². The average Bonchev–Trinajstić information content (AvgIpc) is 3.16. The van der Waals surface area contributed by atoms with Gasteiger partial charge in [-0.2, -0.15) is 0 Å². The van der Waals surface area contributed by atoms with Crippen LogP contribution in [-0.2, 0) is 16.0 Å². The molecule has 1 saturated carbocycles. The molecule has 1 fully saturated rings. The molecule has 2 rings (SSSR count). The van der Waals surface area contributed by atoms with Gasteiger partial charge in [0.1, 0.15) is 0 Å². The van der Waals surface area contributed by atoms with Crippen LogP contribution in [0.3, 0.4) is 0 Å². The number of aryl methyl sites for hydroxylation is 1. The second-order valence-corrected chi connectivity index (χ2v) is 10.2. The lowest BCUT2D eigenvalue weighted by molar-refractivity contribution is -0.137. The lowest BCUT2D eigenvalue weighted by Gasteiger charge is -2.20. The summed E-state index contributed by atoms with van der Waals surface area (Å²) in [7, 11) is 1.69. The van der Waals surface area contributed by atoms with Gasteiger partial charge in [0.05, 0.1) is 18.3 Å². The number of carboxylic acid groups (broad SMARTS) is 1. The quantitative estimate of drug-likeness (QED) is 0.235. The summed E-state index contributed by atoms with van der Waals surface area (Å²) in [5, 5.41) is 31.5. The molecule has 3 N–H and O–H groups in total. The van der Waals surface area contributed by atoms with Gasteiger partial charge in [0.25, 0.3) is 0 Å². The van der Waals surface area contributed by atoms with Gasteiger partial charge in [-0.15, -0.1) is 11.3 Å². The molecular weight excluding hydrogens is 536 g/mol. The largest absolute Gasteiger partial charge is 0.481 e. The highest BCUT2D eigenvalue weighted by molar-refractivity contribution is 9.13. The number of hydrogen-bond donors (Lipinski definition) is 3. The van der Waals surface area contributed by atoms with Crippen molar-refractivity contribution in [2.75, 3.05) is 7.11 Å². The zero-order chi connectivity index (χ0) is 22.1. The van der Waals surface area contributed by atoms with Crippen molar-refractivity contribution < 1.29 is 24.9 Å². The van der Waals surface area contributed by atoms with Crippen LogP contribution >= 0.6 is 43.2 Å². The van der Waals surface area contributed by atoms with Gasteiger partial charge in [-0.25, -0.2) is 0 Å². The van der Waals surface area contributed by atoms with Crippen molar-refractivity contribution in [1.82, 2.24) is 0 Å². The molecule has 0 bridgehead atoms. The molecule has 8 heteroatoms. The third-order valence-corrected chi connectivity index (χ3v) is 9.19. The Bertz CT molecular complexity index is 733. The summed E-state index contributed by atoms with van der Waals surface area (Å²) in [6.45, 7) is 0. The van der Waals surface area contributed by atoms with E-state index in [1.54, 1.807) is 18.4 Å². The number of aliphatic hydroxyl groups is 2. The van der Waals surface area contributed by atoms with E-state index in [2.05, 4.69) is 37.2 Å². The van der Waals surface area contributed by atoms with Crippen LogP contribution in [0.1, 0.15) is 43.4 Å². The van der Waals surface area contributed by atoms with E-state index in [0.717, 1.165) is 21.8 Å². The minimum atomic E-state index is -0.783. The first-order valence-electron chi connectivity index (χ1n) is 10.2. The first-order valence-corrected chi connectivity index (χ1v) is 12.7. The fraction of sp³-hybridized carbons (Fsp3) is 0.591. The molecule has 1 aliphatic rings. The molecule has 0 spiro atoms. The van der Waals surface area contributed by atoms with Crippen molar-refractivity contribution in [3.05, 3.63) is 43.5 Å². The van der Waals surface area contributed by atoms with E-state index in [4.69, 9.17) is 9.84 Å². The third kappa shape index (κ3) is 7.88. The summed E-state index contributed by atoms with van der Waals surface area (Å²) >= 11 is 8.81. The molecule has 0 aliphatic heterocycles. The Morgan fingerprint density at radius 3 is 2.73 bits per heavy atom. The SMILES string of the molecule is COC(/C=C/[C@H]1C(O)CC(O)[C@@H]1C/C=C\CCCC(=O)O)CCc1scc(Br)c1Br. The summed E-state index contributed by atoms with van der Waals surface area (Å²) in [4.78, 5) is 11.8. The maximum Gasteiger partial charge on any atom is 0.303 e. The molecule has 0 aromatic carbocycles. The molecule has 0 saturated heterocycles. The Kier molecular flexibility index (Phi) is 11.3. The first kappa shape index (κ1) is 25.7.